The maximum absolute atomic E-state index is 2.71. The van der Waals surface area contributed by atoms with Crippen molar-refractivity contribution in [2.24, 2.45) is 0 Å². The zero-order chi connectivity index (χ0) is 16.5. The predicted octanol–water partition coefficient (Wildman–Crippen LogP) is 4.24. The highest BCUT2D eigenvalue weighted by Crippen LogP contribution is 2.43. The van der Waals surface area contributed by atoms with Gasteiger partial charge in [-0.25, -0.2) is 0 Å². The number of aryl methyl sites for hydroxylation is 1. The number of nitrogens with zero attached hydrogens (tertiary/aromatic N) is 2. The molecule has 0 aromatic heterocycles. The van der Waals surface area contributed by atoms with Crippen molar-refractivity contribution in [1.29, 1.82) is 0 Å². The Bertz CT molecular complexity index is 720. The van der Waals surface area contributed by atoms with Crippen LogP contribution in [0.2, 0.25) is 0 Å². The standard InChI is InChI=1S/C21H26N2S/c1-3-16-8-9-21-18(14-16)19(23-12-10-22(2)11-13-23)15-17-6-4-5-7-20(17)24-21/h4-9,14,19H,3,10-13,15H2,1-2H3. The van der Waals surface area contributed by atoms with E-state index in [2.05, 4.69) is 66.2 Å². The molecule has 126 valence electrons. The molecular formula is C21H26N2S. The molecular weight excluding hydrogens is 312 g/mol. The second-order valence-corrected chi connectivity index (χ2v) is 8.08. The fourth-order valence-electron chi connectivity index (χ4n) is 3.84. The minimum Gasteiger partial charge on any atom is -0.304 e. The fourth-order valence-corrected chi connectivity index (χ4v) is 4.95. The Balaban J connectivity index is 1.76. The molecule has 0 saturated carbocycles. The van der Waals surface area contributed by atoms with Gasteiger partial charge in [0.25, 0.3) is 0 Å². The average molecular weight is 339 g/mol. The van der Waals surface area contributed by atoms with Crippen molar-refractivity contribution in [2.75, 3.05) is 33.2 Å². The van der Waals surface area contributed by atoms with Gasteiger partial charge in [0.2, 0.25) is 0 Å². The van der Waals surface area contributed by atoms with Crippen LogP contribution in [-0.2, 0) is 12.8 Å². The lowest BCUT2D eigenvalue weighted by Gasteiger charge is -2.38. The van der Waals surface area contributed by atoms with Crippen molar-refractivity contribution in [3.8, 4) is 0 Å². The number of piperazine rings is 1. The van der Waals surface area contributed by atoms with Gasteiger partial charge in [-0.3, -0.25) is 4.90 Å². The third-order valence-electron chi connectivity index (χ3n) is 5.43. The Morgan fingerprint density at radius 3 is 2.58 bits per heavy atom. The molecule has 0 radical (unpaired) electrons. The summed E-state index contributed by atoms with van der Waals surface area (Å²) in [7, 11) is 2.23. The van der Waals surface area contributed by atoms with Crippen LogP contribution < -0.4 is 0 Å². The Morgan fingerprint density at radius 2 is 1.79 bits per heavy atom. The largest absolute Gasteiger partial charge is 0.304 e. The molecule has 0 bridgehead atoms. The summed E-state index contributed by atoms with van der Waals surface area (Å²) in [6.45, 7) is 6.95. The third kappa shape index (κ3) is 3.13. The van der Waals surface area contributed by atoms with E-state index in [1.54, 1.807) is 5.56 Å². The highest BCUT2D eigenvalue weighted by atomic mass is 32.2. The van der Waals surface area contributed by atoms with Crippen molar-refractivity contribution in [1.82, 2.24) is 9.80 Å². The maximum Gasteiger partial charge on any atom is 0.0401 e. The number of hydrogen-bond donors (Lipinski definition) is 0. The van der Waals surface area contributed by atoms with Gasteiger partial charge in [0.15, 0.2) is 0 Å². The minimum absolute atomic E-state index is 0.511. The molecule has 0 aliphatic carbocycles. The summed E-state index contributed by atoms with van der Waals surface area (Å²) < 4.78 is 0. The van der Waals surface area contributed by atoms with Gasteiger partial charge in [0, 0.05) is 42.0 Å². The molecule has 0 N–H and O–H groups in total. The Labute approximate surface area is 149 Å². The van der Waals surface area contributed by atoms with Gasteiger partial charge in [-0.1, -0.05) is 49.0 Å². The van der Waals surface area contributed by atoms with Crippen LogP contribution in [0.15, 0.2) is 52.3 Å². The van der Waals surface area contributed by atoms with Gasteiger partial charge in [0.1, 0.15) is 0 Å². The van der Waals surface area contributed by atoms with Crippen LogP contribution in [0.3, 0.4) is 0 Å². The molecule has 1 atom stereocenters. The monoisotopic (exact) mass is 338 g/mol. The van der Waals surface area contributed by atoms with Gasteiger partial charge >= 0.3 is 0 Å². The first-order valence-electron chi connectivity index (χ1n) is 9.06. The second-order valence-electron chi connectivity index (χ2n) is 6.99. The molecule has 2 aromatic carbocycles. The number of benzene rings is 2. The van der Waals surface area contributed by atoms with E-state index in [-0.39, 0.29) is 0 Å². The van der Waals surface area contributed by atoms with Crippen LogP contribution in [0, 0.1) is 0 Å². The van der Waals surface area contributed by atoms with Crippen molar-refractivity contribution in [3.63, 3.8) is 0 Å². The quantitative estimate of drug-likeness (QED) is 0.808. The molecule has 3 heteroatoms. The smallest absolute Gasteiger partial charge is 0.0401 e. The zero-order valence-electron chi connectivity index (χ0n) is 14.7. The van der Waals surface area contributed by atoms with E-state index in [0.29, 0.717) is 6.04 Å². The maximum atomic E-state index is 2.71. The summed E-state index contributed by atoms with van der Waals surface area (Å²) in [5.41, 5.74) is 4.50. The van der Waals surface area contributed by atoms with Gasteiger partial charge in [-0.2, -0.15) is 0 Å². The molecule has 2 aliphatic heterocycles. The van der Waals surface area contributed by atoms with Crippen molar-refractivity contribution >= 4 is 11.8 Å². The number of fused-ring (bicyclic) bond motifs is 2. The van der Waals surface area contributed by atoms with Gasteiger partial charge in [-0.15, -0.1) is 0 Å². The van der Waals surface area contributed by atoms with Crippen LogP contribution in [-0.4, -0.2) is 43.0 Å². The topological polar surface area (TPSA) is 6.48 Å². The van der Waals surface area contributed by atoms with Crippen molar-refractivity contribution in [2.45, 2.75) is 35.6 Å². The van der Waals surface area contributed by atoms with Crippen LogP contribution in [0.25, 0.3) is 0 Å². The lowest BCUT2D eigenvalue weighted by atomic mass is 9.95. The predicted molar refractivity (Wildman–Crippen MR) is 102 cm³/mol. The molecule has 1 fully saturated rings. The molecule has 2 aliphatic rings. The van der Waals surface area contributed by atoms with Crippen LogP contribution in [0.4, 0.5) is 0 Å². The Hall–Kier alpha value is -1.29. The zero-order valence-corrected chi connectivity index (χ0v) is 15.5. The molecule has 2 aromatic rings. The lowest BCUT2D eigenvalue weighted by Crippen LogP contribution is -2.46. The first kappa shape index (κ1) is 16.2. The normalized spacial score (nSPS) is 21.8. The molecule has 24 heavy (non-hydrogen) atoms. The van der Waals surface area contributed by atoms with E-state index < -0.39 is 0 Å². The fraction of sp³-hybridized carbons (Fsp3) is 0.429. The van der Waals surface area contributed by atoms with Gasteiger partial charge in [0.05, 0.1) is 0 Å². The molecule has 0 amide bonds. The van der Waals surface area contributed by atoms with E-state index in [1.165, 1.54) is 47.1 Å². The first-order chi connectivity index (χ1) is 11.7. The van der Waals surface area contributed by atoms with Gasteiger partial charge in [-0.05, 0) is 48.7 Å². The molecule has 4 rings (SSSR count). The molecule has 1 unspecified atom stereocenters. The molecule has 1 saturated heterocycles. The molecule has 0 spiro atoms. The Kier molecular flexibility index (Phi) is 4.66. The average Bonchev–Trinajstić information content (AvgIpc) is 2.78. The van der Waals surface area contributed by atoms with E-state index in [4.69, 9.17) is 0 Å². The van der Waals surface area contributed by atoms with Crippen molar-refractivity contribution in [3.05, 3.63) is 59.2 Å². The first-order valence-corrected chi connectivity index (χ1v) is 9.87. The van der Waals surface area contributed by atoms with E-state index >= 15 is 0 Å². The summed E-state index contributed by atoms with van der Waals surface area (Å²) in [6, 6.07) is 16.6. The summed E-state index contributed by atoms with van der Waals surface area (Å²) in [5, 5.41) is 0. The minimum atomic E-state index is 0.511. The molecule has 2 nitrogen and oxygen atoms in total. The van der Waals surface area contributed by atoms with Crippen LogP contribution in [0.5, 0.6) is 0 Å². The second kappa shape index (κ2) is 6.91. The SMILES string of the molecule is CCc1ccc2c(c1)C(N1CCN(C)CC1)Cc1ccccc1S2. The summed E-state index contributed by atoms with van der Waals surface area (Å²) in [4.78, 5) is 8.03. The summed E-state index contributed by atoms with van der Waals surface area (Å²) in [5.74, 6) is 0. The lowest BCUT2D eigenvalue weighted by molar-refractivity contribution is 0.110. The third-order valence-corrected chi connectivity index (χ3v) is 6.64. The molecule has 2 heterocycles. The van der Waals surface area contributed by atoms with E-state index in [1.807, 2.05) is 11.8 Å². The highest BCUT2D eigenvalue weighted by molar-refractivity contribution is 7.99. The van der Waals surface area contributed by atoms with Gasteiger partial charge < -0.3 is 4.90 Å². The van der Waals surface area contributed by atoms with E-state index in [9.17, 15) is 0 Å². The summed E-state index contributed by atoms with van der Waals surface area (Å²) >= 11 is 1.95. The van der Waals surface area contributed by atoms with Crippen LogP contribution >= 0.6 is 11.8 Å². The number of rotatable bonds is 2. The number of hydrogen-bond acceptors (Lipinski definition) is 3. The Morgan fingerprint density at radius 1 is 1.00 bits per heavy atom. The van der Waals surface area contributed by atoms with Crippen LogP contribution in [0.1, 0.15) is 29.7 Å². The van der Waals surface area contributed by atoms with E-state index in [0.717, 1.165) is 12.8 Å². The number of likely N-dealkylation sites (N-methyl/N-ethyl adjacent to an activating group) is 1. The van der Waals surface area contributed by atoms with Crippen molar-refractivity contribution < 1.29 is 0 Å². The summed E-state index contributed by atoms with van der Waals surface area (Å²) in [6.07, 6.45) is 2.24. The highest BCUT2D eigenvalue weighted by Gasteiger charge is 2.29.